The highest BCUT2D eigenvalue weighted by Crippen LogP contribution is 2.39. The number of amides is 1. The van der Waals surface area contributed by atoms with Gasteiger partial charge >= 0.3 is 0 Å². The van der Waals surface area contributed by atoms with Crippen LogP contribution in [0.1, 0.15) is 31.8 Å². The zero-order chi connectivity index (χ0) is 25.4. The third kappa shape index (κ3) is 3.50. The molecule has 5 rings (SSSR count). The molecule has 1 heterocycles. The van der Waals surface area contributed by atoms with Crippen molar-refractivity contribution in [1.29, 1.82) is 10.5 Å². The van der Waals surface area contributed by atoms with Gasteiger partial charge in [0.15, 0.2) is 6.29 Å². The number of hydrogen-bond donors (Lipinski definition) is 0. The van der Waals surface area contributed by atoms with E-state index in [4.69, 9.17) is 0 Å². The van der Waals surface area contributed by atoms with E-state index in [0.29, 0.717) is 39.8 Å². The van der Waals surface area contributed by atoms with Crippen LogP contribution in [0.4, 0.5) is 0 Å². The molecule has 0 atom stereocenters. The quantitative estimate of drug-likeness (QED) is 0.316. The molecule has 36 heavy (non-hydrogen) atoms. The Labute approximate surface area is 207 Å². The second kappa shape index (κ2) is 8.87. The first-order valence-electron chi connectivity index (χ1n) is 11.3. The number of nitrogens with zero attached hydrogens (tertiary/aromatic N) is 4. The number of carbonyl (C=O) groups is 2. The molecule has 1 amide bonds. The van der Waals surface area contributed by atoms with Crippen LogP contribution in [0, 0.1) is 22.7 Å². The van der Waals surface area contributed by atoms with Crippen molar-refractivity contribution in [2.75, 3.05) is 14.1 Å². The topological polar surface area (TPSA) is 89.9 Å². The summed E-state index contributed by atoms with van der Waals surface area (Å²) in [5, 5.41) is 21.0. The van der Waals surface area contributed by atoms with Gasteiger partial charge in [0.1, 0.15) is 0 Å². The molecule has 6 nitrogen and oxygen atoms in total. The van der Waals surface area contributed by atoms with Gasteiger partial charge in [-0.15, -0.1) is 0 Å². The number of fused-ring (bicyclic) bond motifs is 3. The number of aldehydes is 1. The number of benzene rings is 4. The fourth-order valence-electron chi connectivity index (χ4n) is 4.71. The summed E-state index contributed by atoms with van der Waals surface area (Å²) < 4.78 is 1.99. The van der Waals surface area contributed by atoms with E-state index in [0.717, 1.165) is 27.4 Å². The van der Waals surface area contributed by atoms with Crippen LogP contribution in [0.5, 0.6) is 0 Å². The van der Waals surface area contributed by atoms with Crippen molar-refractivity contribution >= 4 is 34.0 Å². The normalized spacial score (nSPS) is 10.7. The molecule has 0 aliphatic rings. The van der Waals surface area contributed by atoms with Crippen LogP contribution < -0.4 is 0 Å². The Hall–Kier alpha value is -5.20. The Morgan fingerprint density at radius 3 is 2.19 bits per heavy atom. The fraction of sp³-hybridized carbons (Fsp3) is 0.0667. The molecular formula is C30H20N4O2. The largest absolute Gasteiger partial charge is 0.345 e. The zero-order valence-corrected chi connectivity index (χ0v) is 19.7. The van der Waals surface area contributed by atoms with E-state index in [9.17, 15) is 20.1 Å². The molecule has 0 N–H and O–H groups in total. The van der Waals surface area contributed by atoms with Crippen molar-refractivity contribution in [3.05, 3.63) is 101 Å². The predicted octanol–water partition coefficient (Wildman–Crippen LogP) is 5.71. The van der Waals surface area contributed by atoms with Gasteiger partial charge in [0.05, 0.1) is 45.5 Å². The number of rotatable bonds is 4. The third-order valence-electron chi connectivity index (χ3n) is 6.26. The van der Waals surface area contributed by atoms with E-state index in [1.807, 2.05) is 53.1 Å². The molecule has 0 spiro atoms. The van der Waals surface area contributed by atoms with E-state index < -0.39 is 0 Å². The molecule has 0 aliphatic heterocycles. The van der Waals surface area contributed by atoms with Gasteiger partial charge in [-0.05, 0) is 35.9 Å². The highest BCUT2D eigenvalue weighted by molar-refractivity contribution is 6.15. The summed E-state index contributed by atoms with van der Waals surface area (Å²) >= 11 is 0. The van der Waals surface area contributed by atoms with E-state index in [1.165, 1.54) is 4.90 Å². The SMILES string of the molecule is CN(C)C(=O)c1c(C=O)cccc1-n1c2ccccc2c2cccc(-c3cc(C#N)cc(C#N)c3)c21. The number of para-hydroxylation sites is 2. The summed E-state index contributed by atoms with van der Waals surface area (Å²) in [5.74, 6) is -0.283. The van der Waals surface area contributed by atoms with E-state index in [2.05, 4.69) is 12.1 Å². The highest BCUT2D eigenvalue weighted by Gasteiger charge is 2.23. The molecule has 0 unspecified atom stereocenters. The minimum atomic E-state index is -0.283. The Balaban J connectivity index is 1.98. The molecule has 172 valence electrons. The van der Waals surface area contributed by atoms with Crippen LogP contribution in [-0.4, -0.2) is 35.8 Å². The van der Waals surface area contributed by atoms with Gasteiger partial charge in [-0.2, -0.15) is 10.5 Å². The number of carbonyl (C=O) groups excluding carboxylic acids is 2. The van der Waals surface area contributed by atoms with Crippen molar-refractivity contribution in [2.45, 2.75) is 0 Å². The lowest BCUT2D eigenvalue weighted by atomic mass is 9.98. The highest BCUT2D eigenvalue weighted by atomic mass is 16.2. The van der Waals surface area contributed by atoms with Crippen LogP contribution in [0.2, 0.25) is 0 Å². The summed E-state index contributed by atoms with van der Waals surface area (Å²) in [7, 11) is 3.31. The number of aromatic nitrogens is 1. The van der Waals surface area contributed by atoms with Gasteiger partial charge < -0.3 is 9.47 Å². The predicted molar refractivity (Wildman–Crippen MR) is 139 cm³/mol. The Bertz CT molecular complexity index is 1750. The van der Waals surface area contributed by atoms with Crippen molar-refractivity contribution in [1.82, 2.24) is 9.47 Å². The standard InChI is InChI=1S/C30H20N4O2/c1-33(2)30(36)28-21(18-35)7-5-12-27(28)34-26-11-4-3-8-24(26)25-10-6-9-23(29(25)34)22-14-19(16-31)13-20(15-22)17-32/h3-15,18H,1-2H3. The Morgan fingerprint density at radius 2 is 1.53 bits per heavy atom. The third-order valence-corrected chi connectivity index (χ3v) is 6.26. The molecular weight excluding hydrogens is 448 g/mol. The minimum absolute atomic E-state index is 0.283. The van der Waals surface area contributed by atoms with Crippen molar-refractivity contribution < 1.29 is 9.59 Å². The summed E-state index contributed by atoms with van der Waals surface area (Å²) in [6.45, 7) is 0. The summed E-state index contributed by atoms with van der Waals surface area (Å²) in [5.41, 5.74) is 5.15. The van der Waals surface area contributed by atoms with Crippen LogP contribution in [0.3, 0.4) is 0 Å². The average Bonchev–Trinajstić information content (AvgIpc) is 3.26. The Morgan fingerprint density at radius 1 is 0.861 bits per heavy atom. The molecule has 6 heteroatoms. The molecule has 4 aromatic carbocycles. The number of hydrogen-bond acceptors (Lipinski definition) is 4. The maximum atomic E-state index is 13.3. The molecule has 0 aliphatic carbocycles. The lowest BCUT2D eigenvalue weighted by Gasteiger charge is -2.19. The lowest BCUT2D eigenvalue weighted by molar-refractivity contribution is 0.0824. The van der Waals surface area contributed by atoms with Crippen molar-refractivity contribution in [3.63, 3.8) is 0 Å². The maximum absolute atomic E-state index is 13.3. The smallest absolute Gasteiger partial charge is 0.256 e. The van der Waals surface area contributed by atoms with Gasteiger partial charge in [-0.25, -0.2) is 0 Å². The second-order valence-electron chi connectivity index (χ2n) is 8.64. The zero-order valence-electron chi connectivity index (χ0n) is 19.7. The maximum Gasteiger partial charge on any atom is 0.256 e. The molecule has 1 aromatic heterocycles. The molecule has 0 radical (unpaired) electrons. The van der Waals surface area contributed by atoms with Crippen molar-refractivity contribution in [3.8, 4) is 29.0 Å². The average molecular weight is 469 g/mol. The van der Waals surface area contributed by atoms with E-state index in [1.54, 1.807) is 44.4 Å². The van der Waals surface area contributed by atoms with Crippen LogP contribution in [-0.2, 0) is 0 Å². The number of nitriles is 2. The Kier molecular flexibility index (Phi) is 5.56. The molecule has 0 bridgehead atoms. The van der Waals surface area contributed by atoms with Gasteiger partial charge in [-0.1, -0.05) is 48.5 Å². The molecule has 5 aromatic rings. The van der Waals surface area contributed by atoms with E-state index >= 15 is 0 Å². The summed E-state index contributed by atoms with van der Waals surface area (Å²) in [6.07, 6.45) is 0.699. The molecule has 0 saturated carbocycles. The van der Waals surface area contributed by atoms with Crippen LogP contribution in [0.25, 0.3) is 38.6 Å². The van der Waals surface area contributed by atoms with Crippen LogP contribution in [0.15, 0.2) is 78.9 Å². The van der Waals surface area contributed by atoms with E-state index in [-0.39, 0.29) is 5.91 Å². The van der Waals surface area contributed by atoms with Gasteiger partial charge in [0.25, 0.3) is 5.91 Å². The lowest BCUT2D eigenvalue weighted by Crippen LogP contribution is -2.24. The summed E-state index contributed by atoms with van der Waals surface area (Å²) in [6, 6.07) is 28.3. The minimum Gasteiger partial charge on any atom is -0.345 e. The first-order chi connectivity index (χ1) is 17.5. The fourth-order valence-corrected chi connectivity index (χ4v) is 4.71. The van der Waals surface area contributed by atoms with Gasteiger partial charge in [0, 0.05) is 36.0 Å². The summed E-state index contributed by atoms with van der Waals surface area (Å²) in [4.78, 5) is 26.8. The second-order valence-corrected chi connectivity index (χ2v) is 8.64. The van der Waals surface area contributed by atoms with Crippen LogP contribution >= 0.6 is 0 Å². The van der Waals surface area contributed by atoms with Gasteiger partial charge in [-0.3, -0.25) is 9.59 Å². The first kappa shape index (κ1) is 22.6. The van der Waals surface area contributed by atoms with Crippen molar-refractivity contribution in [2.24, 2.45) is 0 Å². The molecule has 0 saturated heterocycles. The first-order valence-corrected chi connectivity index (χ1v) is 11.3. The molecule has 0 fully saturated rings. The monoisotopic (exact) mass is 468 g/mol. The van der Waals surface area contributed by atoms with Gasteiger partial charge in [0.2, 0.25) is 0 Å².